The first-order valence-electron chi connectivity index (χ1n) is 3.69. The SMILES string of the molecule is S=c1[nH]c(-c2cccc(Cl)c2)co1. The molecule has 0 amide bonds. The number of benzene rings is 1. The van der Waals surface area contributed by atoms with Crippen LogP contribution < -0.4 is 0 Å². The molecule has 0 radical (unpaired) electrons. The number of nitrogens with one attached hydrogen (secondary N) is 1. The van der Waals surface area contributed by atoms with E-state index in [-0.39, 0.29) is 0 Å². The van der Waals surface area contributed by atoms with Gasteiger partial charge in [-0.05, 0) is 24.4 Å². The Bertz CT molecular complexity index is 474. The molecule has 0 saturated heterocycles. The average molecular weight is 212 g/mol. The molecule has 1 heterocycles. The number of aromatic amines is 1. The lowest BCUT2D eigenvalue weighted by molar-refractivity contribution is 0.541. The summed E-state index contributed by atoms with van der Waals surface area (Å²) < 4.78 is 4.97. The molecule has 0 saturated carbocycles. The molecule has 2 nitrogen and oxygen atoms in total. The first kappa shape index (κ1) is 8.53. The van der Waals surface area contributed by atoms with E-state index in [1.807, 2.05) is 24.3 Å². The minimum atomic E-state index is 0.370. The van der Waals surface area contributed by atoms with Crippen molar-refractivity contribution < 1.29 is 4.42 Å². The van der Waals surface area contributed by atoms with E-state index >= 15 is 0 Å². The van der Waals surface area contributed by atoms with Crippen LogP contribution in [-0.2, 0) is 0 Å². The van der Waals surface area contributed by atoms with Crippen molar-refractivity contribution in [1.82, 2.24) is 4.98 Å². The monoisotopic (exact) mass is 211 g/mol. The van der Waals surface area contributed by atoms with Crippen LogP contribution in [0.4, 0.5) is 0 Å². The number of rotatable bonds is 1. The Morgan fingerprint density at radius 1 is 1.38 bits per heavy atom. The maximum Gasteiger partial charge on any atom is 0.266 e. The van der Waals surface area contributed by atoms with Crippen molar-refractivity contribution in [2.45, 2.75) is 0 Å². The minimum Gasteiger partial charge on any atom is -0.437 e. The lowest BCUT2D eigenvalue weighted by Gasteiger charge is -1.95. The van der Waals surface area contributed by atoms with Crippen LogP contribution in [0.25, 0.3) is 11.3 Å². The van der Waals surface area contributed by atoms with Crippen LogP contribution in [0.3, 0.4) is 0 Å². The van der Waals surface area contributed by atoms with Gasteiger partial charge < -0.3 is 9.40 Å². The first-order chi connectivity index (χ1) is 6.25. The summed E-state index contributed by atoms with van der Waals surface area (Å²) in [5.74, 6) is 0. The smallest absolute Gasteiger partial charge is 0.266 e. The second-order valence-corrected chi connectivity index (χ2v) is 3.38. The molecule has 0 bridgehead atoms. The Morgan fingerprint density at radius 3 is 2.85 bits per heavy atom. The summed E-state index contributed by atoms with van der Waals surface area (Å²) in [5, 5.41) is 0.693. The predicted octanol–water partition coefficient (Wildman–Crippen LogP) is 3.66. The van der Waals surface area contributed by atoms with E-state index in [1.165, 1.54) is 0 Å². The van der Waals surface area contributed by atoms with Crippen molar-refractivity contribution in [2.24, 2.45) is 0 Å². The minimum absolute atomic E-state index is 0.370. The van der Waals surface area contributed by atoms with Gasteiger partial charge in [0.25, 0.3) is 4.84 Å². The molecule has 0 aliphatic carbocycles. The van der Waals surface area contributed by atoms with Gasteiger partial charge in [-0.3, -0.25) is 0 Å². The van der Waals surface area contributed by atoms with Gasteiger partial charge in [-0.25, -0.2) is 0 Å². The molecule has 0 aliphatic heterocycles. The topological polar surface area (TPSA) is 28.9 Å². The van der Waals surface area contributed by atoms with Gasteiger partial charge in [0.1, 0.15) is 6.26 Å². The molecule has 0 spiro atoms. The maximum atomic E-state index is 5.83. The number of hydrogen-bond donors (Lipinski definition) is 1. The molecule has 0 unspecified atom stereocenters. The normalized spacial score (nSPS) is 10.2. The van der Waals surface area contributed by atoms with Gasteiger partial charge in [-0.15, -0.1) is 0 Å². The first-order valence-corrected chi connectivity index (χ1v) is 4.48. The molecule has 2 rings (SSSR count). The molecule has 4 heteroatoms. The highest BCUT2D eigenvalue weighted by atomic mass is 35.5. The zero-order chi connectivity index (χ0) is 9.26. The summed E-state index contributed by atoms with van der Waals surface area (Å²) >= 11 is 10.6. The molecular weight excluding hydrogens is 206 g/mol. The summed E-state index contributed by atoms with van der Waals surface area (Å²) in [6, 6.07) is 7.47. The van der Waals surface area contributed by atoms with Crippen LogP contribution in [0.1, 0.15) is 0 Å². The fraction of sp³-hybridized carbons (Fsp3) is 0. The molecule has 1 aromatic heterocycles. The third-order valence-corrected chi connectivity index (χ3v) is 2.09. The highest BCUT2D eigenvalue weighted by Crippen LogP contribution is 2.20. The molecule has 2 aromatic rings. The Morgan fingerprint density at radius 2 is 2.23 bits per heavy atom. The van der Waals surface area contributed by atoms with Crippen LogP contribution in [0.5, 0.6) is 0 Å². The van der Waals surface area contributed by atoms with Crippen molar-refractivity contribution in [3.8, 4) is 11.3 Å². The van der Waals surface area contributed by atoms with Crippen LogP contribution in [-0.4, -0.2) is 4.98 Å². The molecule has 1 N–H and O–H groups in total. The predicted molar refractivity (Wildman–Crippen MR) is 54.3 cm³/mol. The van der Waals surface area contributed by atoms with Crippen LogP contribution >= 0.6 is 23.8 Å². The second kappa shape index (κ2) is 3.36. The number of halogens is 1. The third kappa shape index (κ3) is 1.82. The Kier molecular flexibility index (Phi) is 2.20. The summed E-state index contributed by atoms with van der Waals surface area (Å²) in [6.45, 7) is 0. The second-order valence-electron chi connectivity index (χ2n) is 2.57. The van der Waals surface area contributed by atoms with Crippen LogP contribution in [0.2, 0.25) is 5.02 Å². The highest BCUT2D eigenvalue weighted by molar-refractivity contribution is 7.71. The van der Waals surface area contributed by atoms with Gasteiger partial charge in [0, 0.05) is 10.6 Å². The summed E-state index contributed by atoms with van der Waals surface area (Å²) in [6.07, 6.45) is 1.58. The fourth-order valence-electron chi connectivity index (χ4n) is 1.08. The van der Waals surface area contributed by atoms with Crippen molar-refractivity contribution in [3.05, 3.63) is 40.4 Å². The lowest BCUT2D eigenvalue weighted by Crippen LogP contribution is -1.75. The zero-order valence-corrected chi connectivity index (χ0v) is 8.15. The number of oxazole rings is 1. The van der Waals surface area contributed by atoms with E-state index in [0.29, 0.717) is 9.86 Å². The number of hydrogen-bond acceptors (Lipinski definition) is 2. The van der Waals surface area contributed by atoms with E-state index in [2.05, 4.69) is 4.98 Å². The van der Waals surface area contributed by atoms with Gasteiger partial charge >= 0.3 is 0 Å². The molecule has 0 fully saturated rings. The quantitative estimate of drug-likeness (QED) is 0.730. The largest absolute Gasteiger partial charge is 0.437 e. The molecule has 1 aromatic carbocycles. The Balaban J connectivity index is 2.52. The average Bonchev–Trinajstić information content (AvgIpc) is 2.52. The summed E-state index contributed by atoms with van der Waals surface area (Å²) in [7, 11) is 0. The van der Waals surface area contributed by atoms with Gasteiger partial charge in [-0.2, -0.15) is 0 Å². The summed E-state index contributed by atoms with van der Waals surface area (Å²) in [4.78, 5) is 3.28. The van der Waals surface area contributed by atoms with E-state index in [9.17, 15) is 0 Å². The molecule has 13 heavy (non-hydrogen) atoms. The van der Waals surface area contributed by atoms with Crippen molar-refractivity contribution in [2.75, 3.05) is 0 Å². The Labute approximate surface area is 85.2 Å². The standard InChI is InChI=1S/C9H6ClNOS/c10-7-3-1-2-6(4-7)8-5-12-9(13)11-8/h1-5H,(H,11,13). The fourth-order valence-corrected chi connectivity index (χ4v) is 1.43. The van der Waals surface area contributed by atoms with E-state index in [0.717, 1.165) is 11.3 Å². The molecule has 0 aliphatic rings. The van der Waals surface area contributed by atoms with E-state index < -0.39 is 0 Å². The van der Waals surface area contributed by atoms with Crippen LogP contribution in [0.15, 0.2) is 34.9 Å². The third-order valence-electron chi connectivity index (χ3n) is 1.66. The van der Waals surface area contributed by atoms with E-state index in [1.54, 1.807) is 6.26 Å². The van der Waals surface area contributed by atoms with Gasteiger partial charge in [0.2, 0.25) is 0 Å². The number of aromatic nitrogens is 1. The van der Waals surface area contributed by atoms with Gasteiger partial charge in [0.15, 0.2) is 0 Å². The van der Waals surface area contributed by atoms with Crippen LogP contribution in [0, 0.1) is 4.84 Å². The van der Waals surface area contributed by atoms with Crippen molar-refractivity contribution >= 4 is 23.8 Å². The van der Waals surface area contributed by atoms with Crippen molar-refractivity contribution in [3.63, 3.8) is 0 Å². The van der Waals surface area contributed by atoms with Gasteiger partial charge in [-0.1, -0.05) is 23.7 Å². The highest BCUT2D eigenvalue weighted by Gasteiger charge is 1.99. The number of H-pyrrole nitrogens is 1. The zero-order valence-electron chi connectivity index (χ0n) is 6.58. The van der Waals surface area contributed by atoms with E-state index in [4.69, 9.17) is 28.2 Å². The summed E-state index contributed by atoms with van der Waals surface area (Å²) in [5.41, 5.74) is 1.81. The molecule has 0 atom stereocenters. The molecule has 66 valence electrons. The lowest BCUT2D eigenvalue weighted by atomic mass is 10.2. The maximum absolute atomic E-state index is 5.83. The van der Waals surface area contributed by atoms with Gasteiger partial charge in [0.05, 0.1) is 5.69 Å². The van der Waals surface area contributed by atoms with Crippen molar-refractivity contribution in [1.29, 1.82) is 0 Å². The Hall–Kier alpha value is -1.06. The molecular formula is C9H6ClNOS.